The largest absolute Gasteiger partial charge is 0.0804 e. The van der Waals surface area contributed by atoms with Crippen LogP contribution in [-0.4, -0.2) is 0 Å². The van der Waals surface area contributed by atoms with Crippen LogP contribution in [0.2, 0.25) is 0 Å². The van der Waals surface area contributed by atoms with Gasteiger partial charge in [-0.25, -0.2) is 0 Å². The summed E-state index contributed by atoms with van der Waals surface area (Å²) in [6.07, 6.45) is 8.60. The lowest BCUT2D eigenvalue weighted by atomic mass is 10.2. The quantitative estimate of drug-likeness (QED) is 0.429. The Morgan fingerprint density at radius 1 is 1.00 bits per heavy atom. The van der Waals surface area contributed by atoms with Gasteiger partial charge in [-0.2, -0.15) is 0 Å². The lowest BCUT2D eigenvalue weighted by Crippen LogP contribution is -1.67. The van der Waals surface area contributed by atoms with Gasteiger partial charge in [0.1, 0.15) is 0 Å². The van der Waals surface area contributed by atoms with Gasteiger partial charge in [0, 0.05) is 0 Å². The normalized spacial score (nSPS) is 25.1. The maximum atomic E-state index is 2.36. The molecule has 0 bridgehead atoms. The van der Waals surface area contributed by atoms with E-state index in [1.54, 1.807) is 11.1 Å². The van der Waals surface area contributed by atoms with Gasteiger partial charge in [0.15, 0.2) is 0 Å². The second-order valence-corrected chi connectivity index (χ2v) is 2.21. The molecule has 0 amide bonds. The lowest BCUT2D eigenvalue weighted by molar-refractivity contribution is 1.04. The first-order valence-corrected chi connectivity index (χ1v) is 2.85. The SMILES string of the molecule is C1=C2CC2=CCC1. The molecule has 2 aliphatic carbocycles. The standard InChI is InChI=1S/C7H8/c1-2-4-7-5-6(7)3-1/h3-4H,1-2,5H2. The van der Waals surface area contributed by atoms with E-state index in [9.17, 15) is 0 Å². The summed E-state index contributed by atoms with van der Waals surface area (Å²) >= 11 is 0. The van der Waals surface area contributed by atoms with Gasteiger partial charge in [-0.3, -0.25) is 0 Å². The number of fused-ring (bicyclic) bond motifs is 1. The molecule has 1 fully saturated rings. The Kier molecular flexibility index (Phi) is 0.498. The number of allylic oxidation sites excluding steroid dienone is 4. The van der Waals surface area contributed by atoms with Crippen molar-refractivity contribution >= 4 is 0 Å². The molecular formula is C7H8. The zero-order valence-electron chi connectivity index (χ0n) is 4.28. The van der Waals surface area contributed by atoms with Gasteiger partial charge in [0.2, 0.25) is 0 Å². The highest BCUT2D eigenvalue weighted by Crippen LogP contribution is 2.40. The fourth-order valence-electron chi connectivity index (χ4n) is 1.08. The highest BCUT2D eigenvalue weighted by Gasteiger charge is 2.20. The van der Waals surface area contributed by atoms with E-state index in [1.807, 2.05) is 0 Å². The molecule has 1 saturated carbocycles. The van der Waals surface area contributed by atoms with Crippen LogP contribution in [0, 0.1) is 0 Å². The van der Waals surface area contributed by atoms with Crippen molar-refractivity contribution in [2.45, 2.75) is 19.3 Å². The van der Waals surface area contributed by atoms with E-state index < -0.39 is 0 Å². The van der Waals surface area contributed by atoms with Crippen molar-refractivity contribution in [1.82, 2.24) is 0 Å². The highest BCUT2D eigenvalue weighted by atomic mass is 14.3. The van der Waals surface area contributed by atoms with Crippen LogP contribution in [0.1, 0.15) is 19.3 Å². The Labute approximate surface area is 43.5 Å². The van der Waals surface area contributed by atoms with E-state index in [2.05, 4.69) is 12.2 Å². The minimum atomic E-state index is 1.29. The fourth-order valence-corrected chi connectivity index (χ4v) is 1.08. The van der Waals surface area contributed by atoms with Gasteiger partial charge in [-0.05, 0) is 30.4 Å². The van der Waals surface area contributed by atoms with Crippen molar-refractivity contribution in [2.24, 2.45) is 0 Å². The molecule has 0 aromatic carbocycles. The Morgan fingerprint density at radius 3 is 2.00 bits per heavy atom. The Hall–Kier alpha value is -0.520. The molecule has 0 atom stereocenters. The molecule has 36 valence electrons. The van der Waals surface area contributed by atoms with Gasteiger partial charge in [0.25, 0.3) is 0 Å². The first kappa shape index (κ1) is 3.48. The van der Waals surface area contributed by atoms with Crippen LogP contribution in [0.4, 0.5) is 0 Å². The topological polar surface area (TPSA) is 0 Å². The molecule has 0 spiro atoms. The van der Waals surface area contributed by atoms with Gasteiger partial charge < -0.3 is 0 Å². The summed E-state index contributed by atoms with van der Waals surface area (Å²) < 4.78 is 0. The minimum Gasteiger partial charge on any atom is -0.0804 e. The average molecular weight is 92.1 g/mol. The van der Waals surface area contributed by atoms with Crippen molar-refractivity contribution < 1.29 is 0 Å². The summed E-state index contributed by atoms with van der Waals surface area (Å²) in [7, 11) is 0. The summed E-state index contributed by atoms with van der Waals surface area (Å²) in [5.74, 6) is 0. The molecule has 0 unspecified atom stereocenters. The van der Waals surface area contributed by atoms with E-state index in [-0.39, 0.29) is 0 Å². The van der Waals surface area contributed by atoms with Crippen LogP contribution in [-0.2, 0) is 0 Å². The van der Waals surface area contributed by atoms with E-state index in [4.69, 9.17) is 0 Å². The van der Waals surface area contributed by atoms with Crippen LogP contribution in [0.5, 0.6) is 0 Å². The second kappa shape index (κ2) is 1.00. The fraction of sp³-hybridized carbons (Fsp3) is 0.429. The molecule has 0 heterocycles. The summed E-state index contributed by atoms with van der Waals surface area (Å²) in [4.78, 5) is 0. The molecular weight excluding hydrogens is 84.1 g/mol. The maximum Gasteiger partial charge on any atom is -0.00266 e. The zero-order chi connectivity index (χ0) is 4.69. The molecule has 0 nitrogen and oxygen atoms in total. The average Bonchev–Trinajstić information content (AvgIpc) is 2.41. The molecule has 0 saturated heterocycles. The third-order valence-corrected chi connectivity index (χ3v) is 1.62. The van der Waals surface area contributed by atoms with Gasteiger partial charge in [0.05, 0.1) is 0 Å². The number of hydrogen-bond acceptors (Lipinski definition) is 0. The van der Waals surface area contributed by atoms with Crippen LogP contribution in [0.15, 0.2) is 23.3 Å². The van der Waals surface area contributed by atoms with Crippen LogP contribution in [0.3, 0.4) is 0 Å². The van der Waals surface area contributed by atoms with Gasteiger partial charge in [-0.15, -0.1) is 0 Å². The monoisotopic (exact) mass is 92.1 g/mol. The van der Waals surface area contributed by atoms with Crippen molar-refractivity contribution in [3.63, 3.8) is 0 Å². The van der Waals surface area contributed by atoms with E-state index in [0.29, 0.717) is 0 Å². The van der Waals surface area contributed by atoms with E-state index in [0.717, 1.165) is 0 Å². The summed E-state index contributed by atoms with van der Waals surface area (Å²) in [6, 6.07) is 0. The third kappa shape index (κ3) is 0.426. The van der Waals surface area contributed by atoms with Crippen molar-refractivity contribution in [3.8, 4) is 0 Å². The minimum absolute atomic E-state index is 1.29. The molecule has 0 aromatic heterocycles. The molecule has 0 aliphatic heterocycles. The molecule has 7 heavy (non-hydrogen) atoms. The van der Waals surface area contributed by atoms with Gasteiger partial charge in [-0.1, -0.05) is 12.2 Å². The Bertz CT molecular complexity index is 131. The van der Waals surface area contributed by atoms with E-state index in [1.165, 1.54) is 19.3 Å². The van der Waals surface area contributed by atoms with E-state index >= 15 is 0 Å². The lowest BCUT2D eigenvalue weighted by Gasteiger charge is -1.87. The van der Waals surface area contributed by atoms with Crippen LogP contribution < -0.4 is 0 Å². The zero-order valence-corrected chi connectivity index (χ0v) is 4.28. The predicted octanol–water partition coefficient (Wildman–Crippen LogP) is 2.04. The number of rotatable bonds is 0. The van der Waals surface area contributed by atoms with Crippen molar-refractivity contribution in [3.05, 3.63) is 23.3 Å². The molecule has 2 rings (SSSR count). The smallest absolute Gasteiger partial charge is 0.00266 e. The molecule has 0 radical (unpaired) electrons. The maximum absolute atomic E-state index is 2.36. The van der Waals surface area contributed by atoms with Crippen LogP contribution in [0.25, 0.3) is 0 Å². The first-order valence-electron chi connectivity index (χ1n) is 2.85. The summed E-state index contributed by atoms with van der Waals surface area (Å²) in [6.45, 7) is 0. The summed E-state index contributed by atoms with van der Waals surface area (Å²) in [5.41, 5.74) is 3.23. The molecule has 0 N–H and O–H groups in total. The number of hydrogen-bond donors (Lipinski definition) is 0. The molecule has 0 aromatic rings. The highest BCUT2D eigenvalue weighted by molar-refractivity contribution is 5.51. The first-order chi connectivity index (χ1) is 3.47. The second-order valence-electron chi connectivity index (χ2n) is 2.21. The molecule has 2 aliphatic rings. The Morgan fingerprint density at radius 2 is 1.57 bits per heavy atom. The summed E-state index contributed by atoms with van der Waals surface area (Å²) in [5, 5.41) is 0. The van der Waals surface area contributed by atoms with Crippen molar-refractivity contribution in [2.75, 3.05) is 0 Å². The Balaban J connectivity index is 2.39. The van der Waals surface area contributed by atoms with Crippen molar-refractivity contribution in [1.29, 1.82) is 0 Å². The van der Waals surface area contributed by atoms with Crippen LogP contribution >= 0.6 is 0 Å². The van der Waals surface area contributed by atoms with Gasteiger partial charge >= 0.3 is 0 Å². The third-order valence-electron chi connectivity index (χ3n) is 1.62. The predicted molar refractivity (Wildman–Crippen MR) is 30.0 cm³/mol. The molecule has 0 heteroatoms.